The molecule has 3 rings (SSSR count). The van der Waals surface area contributed by atoms with E-state index in [0.29, 0.717) is 5.92 Å². The second-order valence-electron chi connectivity index (χ2n) is 4.98. The summed E-state index contributed by atoms with van der Waals surface area (Å²) in [6.45, 7) is 3.57. The molecule has 3 nitrogen and oxygen atoms in total. The Morgan fingerprint density at radius 3 is 2.81 bits per heavy atom. The number of rotatable bonds is 2. The first-order valence-corrected chi connectivity index (χ1v) is 6.22. The van der Waals surface area contributed by atoms with E-state index < -0.39 is 0 Å². The maximum absolute atomic E-state index is 11.8. The predicted molar refractivity (Wildman–Crippen MR) is 62.8 cm³/mol. The van der Waals surface area contributed by atoms with Crippen LogP contribution >= 0.6 is 0 Å². The molecule has 1 aliphatic carbocycles. The second-order valence-corrected chi connectivity index (χ2v) is 4.98. The van der Waals surface area contributed by atoms with Crippen LogP contribution in [0.25, 0.3) is 0 Å². The molecule has 0 radical (unpaired) electrons. The van der Waals surface area contributed by atoms with Crippen LogP contribution in [0.1, 0.15) is 59.4 Å². The van der Waals surface area contributed by atoms with Crippen molar-refractivity contribution in [2.45, 2.75) is 45.1 Å². The van der Waals surface area contributed by atoms with Gasteiger partial charge < -0.3 is 10.3 Å². The molecular formula is C13H18N2O. The molecule has 1 aromatic rings. The number of hydrogen-bond donors (Lipinski definition) is 2. The molecule has 0 unspecified atom stereocenters. The molecule has 16 heavy (non-hydrogen) atoms. The molecule has 0 bridgehead atoms. The number of carbonyl (C=O) groups excluding carboxylic acids is 1. The van der Waals surface area contributed by atoms with E-state index >= 15 is 0 Å². The molecule has 0 atom stereocenters. The molecule has 2 heterocycles. The van der Waals surface area contributed by atoms with Gasteiger partial charge in [-0.2, -0.15) is 0 Å². The van der Waals surface area contributed by atoms with Gasteiger partial charge in [0.05, 0.1) is 0 Å². The molecule has 2 N–H and O–H groups in total. The van der Waals surface area contributed by atoms with Gasteiger partial charge in [0.15, 0.2) is 5.78 Å². The van der Waals surface area contributed by atoms with Gasteiger partial charge in [-0.15, -0.1) is 0 Å². The lowest BCUT2D eigenvalue weighted by Gasteiger charge is -2.25. The van der Waals surface area contributed by atoms with Crippen LogP contribution in [0.2, 0.25) is 0 Å². The first-order valence-electron chi connectivity index (χ1n) is 6.22. The Bertz CT molecular complexity index is 429. The van der Waals surface area contributed by atoms with Gasteiger partial charge in [-0.25, -0.2) is 0 Å². The molecule has 0 spiro atoms. The highest BCUT2D eigenvalue weighted by molar-refractivity contribution is 5.97. The van der Waals surface area contributed by atoms with Crippen LogP contribution in [0, 0.1) is 0 Å². The normalized spacial score (nSPS) is 20.3. The lowest BCUT2D eigenvalue weighted by molar-refractivity contribution is 0.101. The maximum atomic E-state index is 11.8. The third-order valence-electron chi connectivity index (χ3n) is 3.94. The van der Waals surface area contributed by atoms with Crippen molar-refractivity contribution in [3.05, 3.63) is 22.5 Å². The largest absolute Gasteiger partial charge is 0.361 e. The van der Waals surface area contributed by atoms with E-state index in [4.69, 9.17) is 0 Å². The summed E-state index contributed by atoms with van der Waals surface area (Å²) < 4.78 is 0. The van der Waals surface area contributed by atoms with Gasteiger partial charge in [0.25, 0.3) is 0 Å². The summed E-state index contributed by atoms with van der Waals surface area (Å²) in [4.78, 5) is 15.3. The lowest BCUT2D eigenvalue weighted by Crippen LogP contribution is -2.24. The highest BCUT2D eigenvalue weighted by Gasteiger charge is 2.29. The smallest absolute Gasteiger partial charge is 0.161 e. The summed E-state index contributed by atoms with van der Waals surface area (Å²) in [7, 11) is 0. The number of nitrogens with one attached hydrogen (secondary N) is 2. The second kappa shape index (κ2) is 3.74. The number of fused-ring (bicyclic) bond motifs is 1. The van der Waals surface area contributed by atoms with Gasteiger partial charge >= 0.3 is 0 Å². The topological polar surface area (TPSA) is 44.9 Å². The fourth-order valence-corrected chi connectivity index (χ4v) is 2.85. The van der Waals surface area contributed by atoms with Crippen LogP contribution < -0.4 is 5.32 Å². The van der Waals surface area contributed by atoms with Crippen molar-refractivity contribution < 1.29 is 4.79 Å². The first kappa shape index (κ1) is 10.1. The Hall–Kier alpha value is -1.09. The van der Waals surface area contributed by atoms with Crippen molar-refractivity contribution in [1.82, 2.24) is 10.3 Å². The zero-order valence-electron chi connectivity index (χ0n) is 9.73. The Balaban J connectivity index is 2.08. The van der Waals surface area contributed by atoms with Crippen molar-refractivity contribution in [2.75, 3.05) is 6.54 Å². The average Bonchev–Trinajstić information content (AvgIpc) is 2.53. The summed E-state index contributed by atoms with van der Waals surface area (Å²) in [6, 6.07) is 0. The van der Waals surface area contributed by atoms with Gasteiger partial charge in [-0.05, 0) is 31.2 Å². The van der Waals surface area contributed by atoms with Crippen molar-refractivity contribution in [3.8, 4) is 0 Å². The third kappa shape index (κ3) is 1.42. The highest BCUT2D eigenvalue weighted by Crippen LogP contribution is 2.39. The van der Waals surface area contributed by atoms with Crippen molar-refractivity contribution in [3.63, 3.8) is 0 Å². The summed E-state index contributed by atoms with van der Waals surface area (Å²) in [6.07, 6.45) is 4.83. The van der Waals surface area contributed by atoms with E-state index in [1.165, 1.54) is 36.2 Å². The third-order valence-corrected chi connectivity index (χ3v) is 3.94. The Morgan fingerprint density at radius 2 is 2.19 bits per heavy atom. The van der Waals surface area contributed by atoms with Crippen molar-refractivity contribution in [1.29, 1.82) is 0 Å². The number of carbonyl (C=O) groups is 1. The number of ketones is 1. The molecule has 0 aromatic carbocycles. The Morgan fingerprint density at radius 1 is 1.38 bits per heavy atom. The Kier molecular flexibility index (Phi) is 2.36. The lowest BCUT2D eigenvalue weighted by atomic mass is 9.80. The van der Waals surface area contributed by atoms with Crippen molar-refractivity contribution >= 4 is 5.78 Å². The summed E-state index contributed by atoms with van der Waals surface area (Å²) in [5.74, 6) is 0.840. The molecular weight excluding hydrogens is 200 g/mol. The number of aromatic nitrogens is 1. The molecule has 1 fully saturated rings. The molecule has 3 heteroatoms. The van der Waals surface area contributed by atoms with E-state index in [1.807, 2.05) is 0 Å². The monoisotopic (exact) mass is 218 g/mol. The molecule has 2 aliphatic rings. The Labute approximate surface area is 95.6 Å². The van der Waals surface area contributed by atoms with Gasteiger partial charge in [-0.1, -0.05) is 6.42 Å². The zero-order valence-corrected chi connectivity index (χ0v) is 9.73. The number of Topliss-reactive ketones (excluding diaryl/α,β-unsaturated/α-hetero) is 1. The molecule has 0 saturated heterocycles. The van der Waals surface area contributed by atoms with Gasteiger partial charge in [0.2, 0.25) is 0 Å². The minimum atomic E-state index is 0.225. The predicted octanol–water partition coefficient (Wildman–Crippen LogP) is 2.13. The molecule has 86 valence electrons. The molecule has 1 aliphatic heterocycles. The van der Waals surface area contributed by atoms with Gasteiger partial charge in [-0.3, -0.25) is 4.79 Å². The van der Waals surface area contributed by atoms with Gasteiger partial charge in [0, 0.05) is 36.5 Å². The van der Waals surface area contributed by atoms with Gasteiger partial charge in [0.1, 0.15) is 0 Å². The van der Waals surface area contributed by atoms with Crippen LogP contribution in [-0.2, 0) is 13.0 Å². The zero-order chi connectivity index (χ0) is 11.1. The molecule has 0 amide bonds. The quantitative estimate of drug-likeness (QED) is 0.747. The fraction of sp³-hybridized carbons (Fsp3) is 0.615. The molecule has 1 aromatic heterocycles. The van der Waals surface area contributed by atoms with Crippen LogP contribution in [0.15, 0.2) is 0 Å². The van der Waals surface area contributed by atoms with Crippen LogP contribution in [0.4, 0.5) is 0 Å². The van der Waals surface area contributed by atoms with E-state index in [-0.39, 0.29) is 5.78 Å². The van der Waals surface area contributed by atoms with E-state index in [9.17, 15) is 4.79 Å². The fourth-order valence-electron chi connectivity index (χ4n) is 2.85. The van der Waals surface area contributed by atoms with E-state index in [1.54, 1.807) is 6.92 Å². The SMILES string of the molecule is CC(=O)c1c(C2CCC2)[nH]c2c1CNCC2. The van der Waals surface area contributed by atoms with E-state index in [0.717, 1.165) is 25.1 Å². The highest BCUT2D eigenvalue weighted by atomic mass is 16.1. The summed E-state index contributed by atoms with van der Waals surface area (Å²) in [5.41, 5.74) is 4.76. The summed E-state index contributed by atoms with van der Waals surface area (Å²) in [5, 5.41) is 3.35. The molecule has 1 saturated carbocycles. The number of H-pyrrole nitrogens is 1. The van der Waals surface area contributed by atoms with Crippen LogP contribution in [0.5, 0.6) is 0 Å². The number of aromatic amines is 1. The van der Waals surface area contributed by atoms with Crippen molar-refractivity contribution in [2.24, 2.45) is 0 Å². The maximum Gasteiger partial charge on any atom is 0.161 e. The number of hydrogen-bond acceptors (Lipinski definition) is 2. The van der Waals surface area contributed by atoms with Crippen LogP contribution in [-0.4, -0.2) is 17.3 Å². The standard InChI is InChI=1S/C13H18N2O/c1-8(16)12-10-7-14-6-5-11(10)15-13(12)9-3-2-4-9/h9,14-15H,2-7H2,1H3. The first-order chi connectivity index (χ1) is 7.77. The van der Waals surface area contributed by atoms with E-state index in [2.05, 4.69) is 10.3 Å². The minimum absolute atomic E-state index is 0.225. The van der Waals surface area contributed by atoms with Crippen LogP contribution in [0.3, 0.4) is 0 Å². The summed E-state index contributed by atoms with van der Waals surface area (Å²) >= 11 is 0. The minimum Gasteiger partial charge on any atom is -0.361 e. The average molecular weight is 218 g/mol.